The van der Waals surface area contributed by atoms with Crippen LogP contribution in [0.3, 0.4) is 0 Å². The zero-order chi connectivity index (χ0) is 12.8. The summed E-state index contributed by atoms with van der Waals surface area (Å²) < 4.78 is 0. The molecule has 1 aromatic heterocycles. The number of aromatic nitrogens is 2. The van der Waals surface area contributed by atoms with E-state index in [0.717, 1.165) is 17.9 Å². The van der Waals surface area contributed by atoms with Gasteiger partial charge in [0.05, 0.1) is 12.6 Å². The van der Waals surface area contributed by atoms with E-state index in [1.54, 1.807) is 0 Å². The molecule has 0 radical (unpaired) electrons. The number of nitrogens with one attached hydrogen (secondary N) is 1. The smallest absolute Gasteiger partial charge is 0.129 e. The minimum atomic E-state index is -0.0401. The van der Waals surface area contributed by atoms with Crippen molar-refractivity contribution in [2.45, 2.75) is 19.4 Å². The van der Waals surface area contributed by atoms with Gasteiger partial charge in [-0.25, -0.2) is 9.97 Å². The van der Waals surface area contributed by atoms with Gasteiger partial charge in [0, 0.05) is 11.8 Å². The fourth-order valence-electron chi connectivity index (χ4n) is 1.80. The molecule has 0 aliphatic carbocycles. The first-order valence-electron chi connectivity index (χ1n) is 5.98. The first kappa shape index (κ1) is 12.5. The Morgan fingerprint density at radius 2 is 2.00 bits per heavy atom. The molecule has 2 rings (SSSR count). The molecule has 4 heteroatoms. The molecule has 0 aliphatic rings. The summed E-state index contributed by atoms with van der Waals surface area (Å²) >= 11 is 0. The summed E-state index contributed by atoms with van der Waals surface area (Å²) in [6.45, 7) is 1.98. The predicted molar refractivity (Wildman–Crippen MR) is 71.4 cm³/mol. The van der Waals surface area contributed by atoms with Gasteiger partial charge in [0.2, 0.25) is 0 Å². The third-order valence-corrected chi connectivity index (χ3v) is 2.70. The summed E-state index contributed by atoms with van der Waals surface area (Å²) in [6.07, 6.45) is 2.29. The molecule has 0 saturated carbocycles. The number of hydrogen-bond acceptors (Lipinski definition) is 4. The van der Waals surface area contributed by atoms with Crippen molar-refractivity contribution in [2.75, 3.05) is 11.9 Å². The highest BCUT2D eigenvalue weighted by atomic mass is 16.3. The van der Waals surface area contributed by atoms with E-state index in [4.69, 9.17) is 0 Å². The summed E-state index contributed by atoms with van der Waals surface area (Å²) in [6, 6.07) is 11.9. The zero-order valence-electron chi connectivity index (χ0n) is 10.4. The van der Waals surface area contributed by atoms with Crippen LogP contribution in [0.4, 0.5) is 5.82 Å². The van der Waals surface area contributed by atoms with Crippen LogP contribution in [0.15, 0.2) is 42.7 Å². The van der Waals surface area contributed by atoms with Crippen LogP contribution in [0.5, 0.6) is 0 Å². The minimum Gasteiger partial charge on any atom is -0.394 e. The molecule has 1 aromatic carbocycles. The highest BCUT2D eigenvalue weighted by Crippen LogP contribution is 2.09. The Morgan fingerprint density at radius 3 is 2.67 bits per heavy atom. The fraction of sp³-hybridized carbons (Fsp3) is 0.286. The molecule has 2 N–H and O–H groups in total. The van der Waals surface area contributed by atoms with Gasteiger partial charge in [0.25, 0.3) is 0 Å². The van der Waals surface area contributed by atoms with Crippen LogP contribution in [-0.4, -0.2) is 27.7 Å². The van der Waals surface area contributed by atoms with Crippen LogP contribution in [0.25, 0.3) is 0 Å². The summed E-state index contributed by atoms with van der Waals surface area (Å²) in [5.41, 5.74) is 2.10. The van der Waals surface area contributed by atoms with E-state index in [0.29, 0.717) is 0 Å². The van der Waals surface area contributed by atoms with Crippen molar-refractivity contribution < 1.29 is 5.11 Å². The van der Waals surface area contributed by atoms with E-state index in [9.17, 15) is 5.11 Å². The van der Waals surface area contributed by atoms with E-state index in [1.165, 1.54) is 11.9 Å². The molecule has 0 saturated heterocycles. The molecule has 1 heterocycles. The molecular weight excluding hydrogens is 226 g/mol. The largest absolute Gasteiger partial charge is 0.394 e. The fourth-order valence-corrected chi connectivity index (χ4v) is 1.80. The zero-order valence-corrected chi connectivity index (χ0v) is 10.4. The second-order valence-electron chi connectivity index (χ2n) is 4.26. The third kappa shape index (κ3) is 3.53. The Balaban J connectivity index is 2.01. The lowest BCUT2D eigenvalue weighted by molar-refractivity contribution is 0.273. The molecule has 1 atom stereocenters. The second kappa shape index (κ2) is 6.12. The SMILES string of the molecule is Cc1cc(NC(CO)Cc2ccccc2)ncn1. The number of benzene rings is 1. The van der Waals surface area contributed by atoms with Crippen LogP contribution < -0.4 is 5.32 Å². The van der Waals surface area contributed by atoms with Crippen molar-refractivity contribution in [2.24, 2.45) is 0 Å². The molecule has 0 aliphatic heterocycles. The van der Waals surface area contributed by atoms with Crippen LogP contribution >= 0.6 is 0 Å². The highest BCUT2D eigenvalue weighted by Gasteiger charge is 2.09. The van der Waals surface area contributed by atoms with Gasteiger partial charge < -0.3 is 10.4 Å². The van der Waals surface area contributed by atoms with Gasteiger partial charge in [-0.2, -0.15) is 0 Å². The number of nitrogens with zero attached hydrogens (tertiary/aromatic N) is 2. The molecule has 0 amide bonds. The number of hydrogen-bond donors (Lipinski definition) is 2. The Kier molecular flexibility index (Phi) is 4.25. The van der Waals surface area contributed by atoms with Gasteiger partial charge >= 0.3 is 0 Å². The third-order valence-electron chi connectivity index (χ3n) is 2.70. The van der Waals surface area contributed by atoms with Gasteiger partial charge in [0.15, 0.2) is 0 Å². The van der Waals surface area contributed by atoms with Crippen molar-refractivity contribution in [1.29, 1.82) is 0 Å². The van der Waals surface area contributed by atoms with Crippen LogP contribution in [-0.2, 0) is 6.42 Å². The lowest BCUT2D eigenvalue weighted by Gasteiger charge is -2.17. The Morgan fingerprint density at radius 1 is 1.22 bits per heavy atom. The first-order valence-corrected chi connectivity index (χ1v) is 5.98. The van der Waals surface area contributed by atoms with E-state index >= 15 is 0 Å². The summed E-state index contributed by atoms with van der Waals surface area (Å²) in [7, 11) is 0. The number of aliphatic hydroxyl groups excluding tert-OH is 1. The molecule has 2 aromatic rings. The van der Waals surface area contributed by atoms with Crippen LogP contribution in [0, 0.1) is 6.92 Å². The molecule has 0 fully saturated rings. The maximum Gasteiger partial charge on any atom is 0.129 e. The van der Waals surface area contributed by atoms with Crippen molar-refractivity contribution >= 4 is 5.82 Å². The Labute approximate surface area is 107 Å². The average Bonchev–Trinajstić information content (AvgIpc) is 2.39. The lowest BCUT2D eigenvalue weighted by atomic mass is 10.1. The maximum absolute atomic E-state index is 9.41. The minimum absolute atomic E-state index is 0.0401. The van der Waals surface area contributed by atoms with E-state index < -0.39 is 0 Å². The second-order valence-corrected chi connectivity index (χ2v) is 4.26. The number of aliphatic hydroxyl groups is 1. The maximum atomic E-state index is 9.41. The van der Waals surface area contributed by atoms with Crippen molar-refractivity contribution in [1.82, 2.24) is 9.97 Å². The van der Waals surface area contributed by atoms with Gasteiger partial charge in [0.1, 0.15) is 12.1 Å². The van der Waals surface area contributed by atoms with Gasteiger partial charge in [-0.15, -0.1) is 0 Å². The van der Waals surface area contributed by atoms with Crippen molar-refractivity contribution in [3.8, 4) is 0 Å². The van der Waals surface area contributed by atoms with Gasteiger partial charge in [-0.3, -0.25) is 0 Å². The number of aryl methyl sites for hydroxylation is 1. The molecule has 4 nitrogen and oxygen atoms in total. The van der Waals surface area contributed by atoms with E-state index in [1.807, 2.05) is 31.2 Å². The normalized spacial score (nSPS) is 12.1. The summed E-state index contributed by atoms with van der Waals surface area (Å²) in [4.78, 5) is 8.18. The quantitative estimate of drug-likeness (QED) is 0.840. The van der Waals surface area contributed by atoms with Gasteiger partial charge in [-0.05, 0) is 18.9 Å². The lowest BCUT2D eigenvalue weighted by Crippen LogP contribution is -2.26. The molecule has 0 spiro atoms. The molecule has 18 heavy (non-hydrogen) atoms. The predicted octanol–water partition coefficient (Wildman–Crippen LogP) is 1.80. The monoisotopic (exact) mass is 243 g/mol. The average molecular weight is 243 g/mol. The molecule has 94 valence electrons. The highest BCUT2D eigenvalue weighted by molar-refractivity contribution is 5.36. The topological polar surface area (TPSA) is 58.0 Å². The first-order chi connectivity index (χ1) is 8.78. The summed E-state index contributed by atoms with van der Waals surface area (Å²) in [5.74, 6) is 0.748. The number of rotatable bonds is 5. The standard InChI is InChI=1S/C14H17N3O/c1-11-7-14(16-10-15-11)17-13(9-18)8-12-5-3-2-4-6-12/h2-7,10,13,18H,8-9H2,1H3,(H,15,16,17). The van der Waals surface area contributed by atoms with Gasteiger partial charge in [-0.1, -0.05) is 30.3 Å². The Bertz CT molecular complexity index is 487. The van der Waals surface area contributed by atoms with Crippen LogP contribution in [0.1, 0.15) is 11.3 Å². The van der Waals surface area contributed by atoms with Crippen LogP contribution in [0.2, 0.25) is 0 Å². The van der Waals surface area contributed by atoms with Crippen molar-refractivity contribution in [3.63, 3.8) is 0 Å². The van der Waals surface area contributed by atoms with E-state index in [-0.39, 0.29) is 12.6 Å². The van der Waals surface area contributed by atoms with Crippen molar-refractivity contribution in [3.05, 3.63) is 54.0 Å². The molecule has 0 bridgehead atoms. The summed E-state index contributed by atoms with van der Waals surface area (Å²) in [5, 5.41) is 12.6. The van der Waals surface area contributed by atoms with E-state index in [2.05, 4.69) is 27.4 Å². The molecule has 1 unspecified atom stereocenters. The Hall–Kier alpha value is -1.94. The number of anilines is 1. The molecular formula is C14H17N3O.